The van der Waals surface area contributed by atoms with Gasteiger partial charge in [0.15, 0.2) is 0 Å². The second-order valence-electron chi connectivity index (χ2n) is 6.38. The molecule has 100 valence electrons. The molecule has 0 spiro atoms. The van der Waals surface area contributed by atoms with Crippen molar-refractivity contribution in [3.8, 4) is 6.07 Å². The number of hydrogen-bond acceptors (Lipinski definition) is 3. The van der Waals surface area contributed by atoms with E-state index in [4.69, 9.17) is 5.26 Å². The Morgan fingerprint density at radius 3 is 2.24 bits per heavy atom. The van der Waals surface area contributed by atoms with Gasteiger partial charge in [-0.15, -0.1) is 0 Å². The minimum Gasteiger partial charge on any atom is -0.306 e. The molecule has 0 fully saturated rings. The lowest BCUT2D eigenvalue weighted by Crippen LogP contribution is -2.41. The fourth-order valence-corrected chi connectivity index (χ4v) is 2.17. The first-order chi connectivity index (χ1) is 7.72. The number of nitrogens with zero attached hydrogens (tertiary/aromatic N) is 2. The van der Waals surface area contributed by atoms with E-state index in [2.05, 4.69) is 44.1 Å². The number of nitrogens with one attached hydrogen (secondary N) is 1. The van der Waals surface area contributed by atoms with E-state index in [1.165, 1.54) is 0 Å². The van der Waals surface area contributed by atoms with Gasteiger partial charge < -0.3 is 4.90 Å². The quantitative estimate of drug-likeness (QED) is 0.742. The normalized spacial score (nSPS) is 15.6. The molecule has 3 heteroatoms. The van der Waals surface area contributed by atoms with Gasteiger partial charge in [0, 0.05) is 6.54 Å². The summed E-state index contributed by atoms with van der Waals surface area (Å²) in [5.74, 6) is 0. The average molecular weight is 239 g/mol. The minimum absolute atomic E-state index is 0.342. The highest BCUT2D eigenvalue weighted by Crippen LogP contribution is 2.16. The Hall–Kier alpha value is -0.590. The van der Waals surface area contributed by atoms with E-state index in [1.54, 1.807) is 0 Å². The zero-order chi connectivity index (χ0) is 13.5. The molecule has 1 N–H and O–H groups in total. The molecule has 0 rings (SSSR count). The molecule has 0 bridgehead atoms. The van der Waals surface area contributed by atoms with Crippen LogP contribution in [0.15, 0.2) is 0 Å². The Morgan fingerprint density at radius 2 is 1.82 bits per heavy atom. The van der Waals surface area contributed by atoms with Gasteiger partial charge in [0.25, 0.3) is 0 Å². The second-order valence-corrected chi connectivity index (χ2v) is 6.38. The van der Waals surface area contributed by atoms with E-state index in [-0.39, 0.29) is 5.54 Å². The monoisotopic (exact) mass is 239 g/mol. The third-order valence-electron chi connectivity index (χ3n) is 2.77. The van der Waals surface area contributed by atoms with Gasteiger partial charge in [-0.2, -0.15) is 5.26 Å². The fraction of sp³-hybridized carbons (Fsp3) is 0.929. The first-order valence-electron chi connectivity index (χ1n) is 6.57. The third kappa shape index (κ3) is 8.18. The summed E-state index contributed by atoms with van der Waals surface area (Å²) < 4.78 is 0. The van der Waals surface area contributed by atoms with Gasteiger partial charge in [0.05, 0.1) is 6.07 Å². The molecule has 0 radical (unpaired) electrons. The van der Waals surface area contributed by atoms with Crippen molar-refractivity contribution in [2.24, 2.45) is 5.41 Å². The molecule has 0 aromatic heterocycles. The van der Waals surface area contributed by atoms with Gasteiger partial charge >= 0.3 is 0 Å². The van der Waals surface area contributed by atoms with E-state index in [0.717, 1.165) is 32.5 Å². The van der Waals surface area contributed by atoms with Gasteiger partial charge in [-0.05, 0) is 45.3 Å². The summed E-state index contributed by atoms with van der Waals surface area (Å²) in [5, 5.41) is 12.4. The molecule has 0 saturated heterocycles. The Kier molecular flexibility index (Phi) is 6.74. The van der Waals surface area contributed by atoms with Crippen LogP contribution in [0.4, 0.5) is 0 Å². The molecule has 17 heavy (non-hydrogen) atoms. The summed E-state index contributed by atoms with van der Waals surface area (Å²) in [5.41, 5.74) is -0.0216. The van der Waals surface area contributed by atoms with Gasteiger partial charge in [-0.1, -0.05) is 27.7 Å². The molecule has 0 heterocycles. The van der Waals surface area contributed by atoms with Crippen LogP contribution in [-0.2, 0) is 0 Å². The van der Waals surface area contributed by atoms with Crippen LogP contribution < -0.4 is 5.32 Å². The van der Waals surface area contributed by atoms with Crippen molar-refractivity contribution in [1.82, 2.24) is 10.2 Å². The zero-order valence-electron chi connectivity index (χ0n) is 12.4. The fourth-order valence-electron chi connectivity index (χ4n) is 2.17. The SMILES string of the molecule is CCNC(C)(C#N)CCCN(C)CC(C)(C)C. The van der Waals surface area contributed by atoms with Crippen molar-refractivity contribution < 1.29 is 0 Å². The molecular weight excluding hydrogens is 210 g/mol. The lowest BCUT2D eigenvalue weighted by molar-refractivity contribution is 0.219. The maximum atomic E-state index is 9.14. The van der Waals surface area contributed by atoms with Crippen LogP contribution in [0.1, 0.15) is 47.5 Å². The van der Waals surface area contributed by atoms with Crippen molar-refractivity contribution in [3.63, 3.8) is 0 Å². The largest absolute Gasteiger partial charge is 0.306 e. The first kappa shape index (κ1) is 16.4. The highest BCUT2D eigenvalue weighted by Gasteiger charge is 2.22. The van der Waals surface area contributed by atoms with Crippen LogP contribution >= 0.6 is 0 Å². The maximum Gasteiger partial charge on any atom is 0.103 e. The van der Waals surface area contributed by atoms with Gasteiger partial charge in [-0.3, -0.25) is 5.32 Å². The third-order valence-corrected chi connectivity index (χ3v) is 2.77. The second kappa shape index (κ2) is 6.98. The molecule has 0 aliphatic rings. The number of rotatable bonds is 7. The Morgan fingerprint density at radius 1 is 1.24 bits per heavy atom. The van der Waals surface area contributed by atoms with Crippen molar-refractivity contribution in [2.45, 2.75) is 53.0 Å². The topological polar surface area (TPSA) is 39.1 Å². The average Bonchev–Trinajstić information content (AvgIpc) is 2.15. The maximum absolute atomic E-state index is 9.14. The van der Waals surface area contributed by atoms with Crippen LogP contribution in [-0.4, -0.2) is 37.1 Å². The Balaban J connectivity index is 3.94. The lowest BCUT2D eigenvalue weighted by Gasteiger charge is -2.28. The van der Waals surface area contributed by atoms with Crippen LogP contribution in [0.25, 0.3) is 0 Å². The van der Waals surface area contributed by atoms with Crippen molar-refractivity contribution in [3.05, 3.63) is 0 Å². The predicted octanol–water partition coefficient (Wildman–Crippen LogP) is 2.64. The van der Waals surface area contributed by atoms with E-state index >= 15 is 0 Å². The molecule has 0 aromatic rings. The number of hydrogen-bond donors (Lipinski definition) is 1. The van der Waals surface area contributed by atoms with Gasteiger partial charge in [0.1, 0.15) is 5.54 Å². The van der Waals surface area contributed by atoms with Gasteiger partial charge in [-0.25, -0.2) is 0 Å². The highest BCUT2D eigenvalue weighted by atomic mass is 15.1. The van der Waals surface area contributed by atoms with Crippen LogP contribution in [0, 0.1) is 16.7 Å². The molecule has 0 aliphatic heterocycles. The van der Waals surface area contributed by atoms with Crippen LogP contribution in [0.3, 0.4) is 0 Å². The van der Waals surface area contributed by atoms with Gasteiger partial charge in [0.2, 0.25) is 0 Å². The molecular formula is C14H29N3. The summed E-state index contributed by atoms with van der Waals surface area (Å²) in [6, 6.07) is 2.37. The molecule has 1 unspecified atom stereocenters. The van der Waals surface area contributed by atoms with Crippen LogP contribution in [0.5, 0.6) is 0 Å². The number of nitriles is 1. The highest BCUT2D eigenvalue weighted by molar-refractivity contribution is 5.03. The van der Waals surface area contributed by atoms with Crippen molar-refractivity contribution >= 4 is 0 Å². The van der Waals surface area contributed by atoms with Crippen LogP contribution in [0.2, 0.25) is 0 Å². The van der Waals surface area contributed by atoms with E-state index < -0.39 is 0 Å². The molecule has 0 amide bonds. The molecule has 0 aromatic carbocycles. The summed E-state index contributed by atoms with van der Waals surface area (Å²) in [7, 11) is 2.15. The van der Waals surface area contributed by atoms with Crippen molar-refractivity contribution in [2.75, 3.05) is 26.7 Å². The van der Waals surface area contributed by atoms with Crippen molar-refractivity contribution in [1.29, 1.82) is 5.26 Å². The van der Waals surface area contributed by atoms with E-state index in [0.29, 0.717) is 5.41 Å². The molecule has 0 saturated carbocycles. The molecule has 3 nitrogen and oxygen atoms in total. The lowest BCUT2D eigenvalue weighted by atomic mass is 9.95. The minimum atomic E-state index is -0.364. The van der Waals surface area contributed by atoms with E-state index in [9.17, 15) is 0 Å². The van der Waals surface area contributed by atoms with E-state index in [1.807, 2.05) is 13.8 Å². The molecule has 0 aliphatic carbocycles. The zero-order valence-corrected chi connectivity index (χ0v) is 12.4. The summed E-state index contributed by atoms with van der Waals surface area (Å²) in [6.07, 6.45) is 1.97. The smallest absolute Gasteiger partial charge is 0.103 e. The summed E-state index contributed by atoms with van der Waals surface area (Å²) in [6.45, 7) is 13.8. The Bertz CT molecular complexity index is 249. The predicted molar refractivity (Wildman–Crippen MR) is 73.9 cm³/mol. The summed E-state index contributed by atoms with van der Waals surface area (Å²) in [4.78, 5) is 2.35. The molecule has 1 atom stereocenters. The first-order valence-corrected chi connectivity index (χ1v) is 6.57. The Labute approximate surface area is 107 Å². The standard InChI is InChI=1S/C14H29N3/c1-7-16-14(5,11-15)9-8-10-17(6)12-13(2,3)4/h16H,7-10,12H2,1-6H3. The summed E-state index contributed by atoms with van der Waals surface area (Å²) >= 11 is 0.